The molecular formula is C17H25N3O4S. The highest BCUT2D eigenvalue weighted by Crippen LogP contribution is 2.19. The minimum atomic E-state index is -3.08. The van der Waals surface area contributed by atoms with Gasteiger partial charge in [-0.25, -0.2) is 13.4 Å². The van der Waals surface area contributed by atoms with Gasteiger partial charge in [0.25, 0.3) is 11.8 Å². The molecule has 1 aromatic heterocycles. The molecule has 0 bridgehead atoms. The quantitative estimate of drug-likeness (QED) is 0.754. The van der Waals surface area contributed by atoms with Gasteiger partial charge in [0.1, 0.15) is 11.4 Å². The van der Waals surface area contributed by atoms with E-state index in [4.69, 9.17) is 0 Å². The van der Waals surface area contributed by atoms with Crippen LogP contribution in [0.5, 0.6) is 0 Å². The molecule has 138 valence electrons. The molecule has 1 unspecified atom stereocenters. The second-order valence-electron chi connectivity index (χ2n) is 6.03. The van der Waals surface area contributed by atoms with Crippen molar-refractivity contribution in [2.24, 2.45) is 0 Å². The van der Waals surface area contributed by atoms with E-state index in [1.807, 2.05) is 20.8 Å². The number of amides is 2. The van der Waals surface area contributed by atoms with Crippen LogP contribution < -0.4 is 0 Å². The maximum atomic E-state index is 12.8. The largest absolute Gasteiger partial charge is 0.338 e. The lowest BCUT2D eigenvalue weighted by Gasteiger charge is -2.26. The highest BCUT2D eigenvalue weighted by atomic mass is 32.2. The lowest BCUT2D eigenvalue weighted by Crippen LogP contribution is -2.41. The smallest absolute Gasteiger partial charge is 0.272 e. The Morgan fingerprint density at radius 2 is 1.68 bits per heavy atom. The minimum Gasteiger partial charge on any atom is -0.338 e. The predicted octanol–water partition coefficient (Wildman–Crippen LogP) is 1.21. The summed E-state index contributed by atoms with van der Waals surface area (Å²) in [5.41, 5.74) is 0.397. The molecule has 0 spiro atoms. The molecular weight excluding hydrogens is 342 g/mol. The summed E-state index contributed by atoms with van der Waals surface area (Å²) in [6, 6.07) is 4.46. The molecule has 0 aliphatic carbocycles. The molecule has 0 radical (unpaired) electrons. The number of nitrogens with zero attached hydrogens (tertiary/aromatic N) is 3. The van der Waals surface area contributed by atoms with Gasteiger partial charge in [0.15, 0.2) is 9.84 Å². The first kappa shape index (κ1) is 19.4. The third-order valence-electron chi connectivity index (χ3n) is 4.49. The van der Waals surface area contributed by atoms with Gasteiger partial charge < -0.3 is 9.80 Å². The summed E-state index contributed by atoms with van der Waals surface area (Å²) in [5.74, 6) is -0.454. The molecule has 2 rings (SSSR count). The van der Waals surface area contributed by atoms with E-state index in [-0.39, 0.29) is 40.7 Å². The molecule has 1 aliphatic heterocycles. The third kappa shape index (κ3) is 4.36. The van der Waals surface area contributed by atoms with Crippen molar-refractivity contribution in [1.29, 1.82) is 0 Å². The van der Waals surface area contributed by atoms with Gasteiger partial charge in [-0.1, -0.05) is 6.07 Å². The Morgan fingerprint density at radius 1 is 1.08 bits per heavy atom. The van der Waals surface area contributed by atoms with Crippen LogP contribution >= 0.6 is 0 Å². The fourth-order valence-corrected chi connectivity index (χ4v) is 4.81. The van der Waals surface area contributed by atoms with Crippen molar-refractivity contribution < 1.29 is 18.0 Å². The number of carbonyl (C=O) groups excluding carboxylic acids is 2. The van der Waals surface area contributed by atoms with Crippen molar-refractivity contribution in [2.45, 2.75) is 33.2 Å². The molecule has 0 saturated carbocycles. The summed E-state index contributed by atoms with van der Waals surface area (Å²) >= 11 is 0. The van der Waals surface area contributed by atoms with Crippen LogP contribution in [0.15, 0.2) is 18.2 Å². The van der Waals surface area contributed by atoms with Gasteiger partial charge in [-0.3, -0.25) is 9.59 Å². The second kappa shape index (κ2) is 7.95. The number of rotatable bonds is 6. The normalized spacial score (nSPS) is 18.8. The average molecular weight is 367 g/mol. The number of pyridine rings is 1. The van der Waals surface area contributed by atoms with Crippen LogP contribution in [0.2, 0.25) is 0 Å². The van der Waals surface area contributed by atoms with Crippen molar-refractivity contribution in [3.63, 3.8) is 0 Å². The summed E-state index contributed by atoms with van der Waals surface area (Å²) in [6.45, 7) is 7.11. The fourth-order valence-electron chi connectivity index (χ4n) is 3.08. The number of carbonyl (C=O) groups is 2. The summed E-state index contributed by atoms with van der Waals surface area (Å²) in [7, 11) is -3.08. The number of hydrogen-bond donors (Lipinski definition) is 0. The van der Waals surface area contributed by atoms with Crippen LogP contribution in [-0.2, 0) is 9.84 Å². The van der Waals surface area contributed by atoms with Crippen molar-refractivity contribution in [1.82, 2.24) is 14.8 Å². The Kier molecular flexibility index (Phi) is 6.16. The number of sulfone groups is 1. The molecule has 7 nitrogen and oxygen atoms in total. The van der Waals surface area contributed by atoms with Crippen molar-refractivity contribution in [3.8, 4) is 0 Å². The molecule has 0 N–H and O–H groups in total. The monoisotopic (exact) mass is 367 g/mol. The molecule has 2 amide bonds. The van der Waals surface area contributed by atoms with Crippen LogP contribution in [0.25, 0.3) is 0 Å². The van der Waals surface area contributed by atoms with Crippen molar-refractivity contribution in [3.05, 3.63) is 29.6 Å². The van der Waals surface area contributed by atoms with Crippen molar-refractivity contribution >= 4 is 21.7 Å². The summed E-state index contributed by atoms with van der Waals surface area (Å²) < 4.78 is 23.4. The maximum Gasteiger partial charge on any atom is 0.272 e. The first-order valence-electron chi connectivity index (χ1n) is 8.60. The molecule has 1 fully saturated rings. The van der Waals surface area contributed by atoms with Crippen LogP contribution in [0.1, 0.15) is 48.2 Å². The molecule has 1 saturated heterocycles. The molecule has 1 aromatic rings. The minimum absolute atomic E-state index is 0.00928. The third-order valence-corrected chi connectivity index (χ3v) is 6.24. The molecule has 1 aliphatic rings. The Hall–Kier alpha value is -1.96. The molecule has 1 atom stereocenters. The van der Waals surface area contributed by atoms with E-state index in [0.717, 1.165) is 0 Å². The second-order valence-corrected chi connectivity index (χ2v) is 8.26. The van der Waals surface area contributed by atoms with E-state index in [0.29, 0.717) is 26.1 Å². The van der Waals surface area contributed by atoms with Gasteiger partial charge in [0, 0.05) is 25.7 Å². The van der Waals surface area contributed by atoms with Gasteiger partial charge in [-0.15, -0.1) is 0 Å². The molecule has 2 heterocycles. The Labute approximate surface area is 148 Å². The summed E-state index contributed by atoms with van der Waals surface area (Å²) in [5, 5.41) is 0. The Bertz CT molecular complexity index is 744. The van der Waals surface area contributed by atoms with Crippen LogP contribution in [0.4, 0.5) is 0 Å². The van der Waals surface area contributed by atoms with Crippen LogP contribution in [-0.4, -0.2) is 72.2 Å². The predicted molar refractivity (Wildman–Crippen MR) is 95.3 cm³/mol. The zero-order chi connectivity index (χ0) is 18.6. The number of aromatic nitrogens is 1. The standard InChI is InChI=1S/C17H25N3O4S/c1-4-19(5-2)16(21)14-8-7-9-15(18-14)17(22)20(6-3)13-10-11-25(23,24)12-13/h7-9,13H,4-6,10-12H2,1-3H3. The fraction of sp³-hybridized carbons (Fsp3) is 0.588. The van der Waals surface area contributed by atoms with Crippen molar-refractivity contribution in [2.75, 3.05) is 31.1 Å². The lowest BCUT2D eigenvalue weighted by molar-refractivity contribution is 0.0701. The van der Waals surface area contributed by atoms with Gasteiger partial charge in [0.2, 0.25) is 0 Å². The zero-order valence-corrected chi connectivity index (χ0v) is 15.8. The lowest BCUT2D eigenvalue weighted by atomic mass is 10.2. The van der Waals surface area contributed by atoms with Gasteiger partial charge >= 0.3 is 0 Å². The number of hydrogen-bond acceptors (Lipinski definition) is 5. The maximum absolute atomic E-state index is 12.8. The van der Waals surface area contributed by atoms with Gasteiger partial charge in [0.05, 0.1) is 11.5 Å². The Morgan fingerprint density at radius 3 is 2.16 bits per heavy atom. The van der Waals surface area contributed by atoms with Crippen LogP contribution in [0, 0.1) is 0 Å². The van der Waals surface area contributed by atoms with E-state index in [1.54, 1.807) is 28.0 Å². The summed E-state index contributed by atoms with van der Waals surface area (Å²) in [4.78, 5) is 32.6. The summed E-state index contributed by atoms with van der Waals surface area (Å²) in [6.07, 6.45) is 0.444. The zero-order valence-electron chi connectivity index (χ0n) is 14.9. The first-order valence-corrected chi connectivity index (χ1v) is 10.4. The highest BCUT2D eigenvalue weighted by molar-refractivity contribution is 7.91. The van der Waals surface area contributed by atoms with E-state index in [1.165, 1.54) is 0 Å². The van der Waals surface area contributed by atoms with E-state index in [2.05, 4.69) is 4.98 Å². The molecule has 25 heavy (non-hydrogen) atoms. The average Bonchev–Trinajstić information content (AvgIpc) is 2.96. The van der Waals surface area contributed by atoms with E-state index >= 15 is 0 Å². The highest BCUT2D eigenvalue weighted by Gasteiger charge is 2.34. The molecule has 8 heteroatoms. The Balaban J connectivity index is 2.24. The first-order chi connectivity index (χ1) is 11.8. The van der Waals surface area contributed by atoms with Gasteiger partial charge in [-0.05, 0) is 39.3 Å². The topological polar surface area (TPSA) is 87.7 Å². The SMILES string of the molecule is CCN(CC)C(=O)c1cccc(C(=O)N(CC)C2CCS(=O)(=O)C2)n1. The van der Waals surface area contributed by atoms with Gasteiger partial charge in [-0.2, -0.15) is 0 Å². The molecule has 0 aromatic carbocycles. The van der Waals surface area contributed by atoms with Crippen LogP contribution in [0.3, 0.4) is 0 Å². The van der Waals surface area contributed by atoms with E-state index in [9.17, 15) is 18.0 Å². The van der Waals surface area contributed by atoms with E-state index < -0.39 is 9.84 Å².